The van der Waals surface area contributed by atoms with Crippen molar-refractivity contribution < 1.29 is 14.2 Å². The van der Waals surface area contributed by atoms with Crippen LogP contribution in [0.5, 0.6) is 0 Å². The molecule has 0 aliphatic carbocycles. The summed E-state index contributed by atoms with van der Waals surface area (Å²) < 4.78 is 18.7. The van der Waals surface area contributed by atoms with Gasteiger partial charge in [0.1, 0.15) is 11.8 Å². The predicted octanol–water partition coefficient (Wildman–Crippen LogP) is 4.08. The van der Waals surface area contributed by atoms with Crippen LogP contribution in [0.4, 0.5) is 0 Å². The van der Waals surface area contributed by atoms with E-state index < -0.39 is 7.37 Å². The molecule has 0 saturated heterocycles. The van der Waals surface area contributed by atoms with E-state index in [1.807, 2.05) is 6.07 Å². The number of aliphatic hydroxyl groups is 1. The summed E-state index contributed by atoms with van der Waals surface area (Å²) in [5.74, 6) is -0.316. The van der Waals surface area contributed by atoms with Gasteiger partial charge in [-0.25, -0.2) is 0 Å². The first-order chi connectivity index (χ1) is 10.6. The summed E-state index contributed by atoms with van der Waals surface area (Å²) in [6.45, 7) is 1.86. The molecule has 22 heavy (non-hydrogen) atoms. The highest BCUT2D eigenvalue weighted by Gasteiger charge is 2.34. The lowest BCUT2D eigenvalue weighted by Crippen LogP contribution is -2.10. The Labute approximate surface area is 129 Å². The molecule has 0 amide bonds. The van der Waals surface area contributed by atoms with Crippen LogP contribution < -0.4 is 5.30 Å². The van der Waals surface area contributed by atoms with Crippen LogP contribution in [-0.4, -0.2) is 11.7 Å². The number of benzene rings is 2. The lowest BCUT2D eigenvalue weighted by Gasteiger charge is -2.18. The highest BCUT2D eigenvalue weighted by Crippen LogP contribution is 2.55. The van der Waals surface area contributed by atoms with Crippen molar-refractivity contribution in [1.29, 1.82) is 5.26 Å². The van der Waals surface area contributed by atoms with Crippen LogP contribution >= 0.6 is 7.37 Å². The van der Waals surface area contributed by atoms with E-state index in [1.54, 1.807) is 67.6 Å². The Morgan fingerprint density at radius 1 is 1.14 bits per heavy atom. The second-order valence-corrected chi connectivity index (χ2v) is 6.80. The van der Waals surface area contributed by atoms with Crippen LogP contribution in [0.2, 0.25) is 0 Å². The maximum atomic E-state index is 13.3. The number of nitriles is 1. The van der Waals surface area contributed by atoms with Gasteiger partial charge in [-0.1, -0.05) is 48.5 Å². The molecule has 0 spiro atoms. The minimum absolute atomic E-state index is 0.166. The van der Waals surface area contributed by atoms with E-state index in [0.29, 0.717) is 10.9 Å². The van der Waals surface area contributed by atoms with Gasteiger partial charge >= 0.3 is 0 Å². The molecule has 2 aromatic rings. The van der Waals surface area contributed by atoms with Crippen LogP contribution in [0, 0.1) is 11.3 Å². The van der Waals surface area contributed by atoms with Crippen molar-refractivity contribution in [3.05, 3.63) is 71.5 Å². The highest BCUT2D eigenvalue weighted by atomic mass is 31.2. The molecule has 1 N–H and O–H groups in total. The van der Waals surface area contributed by atoms with Crippen LogP contribution in [0.3, 0.4) is 0 Å². The fourth-order valence-electron chi connectivity index (χ4n) is 2.07. The molecular formula is C17H16NO3P. The van der Waals surface area contributed by atoms with Crippen molar-refractivity contribution in [3.63, 3.8) is 0 Å². The molecule has 0 saturated carbocycles. The summed E-state index contributed by atoms with van der Waals surface area (Å²) in [5.41, 5.74) is 0.426. The number of aliphatic hydroxyl groups excluding tert-OH is 1. The Bertz CT molecular complexity index is 748. The van der Waals surface area contributed by atoms with E-state index in [0.717, 1.165) is 0 Å². The maximum absolute atomic E-state index is 13.3. The number of hydrogen-bond acceptors (Lipinski definition) is 4. The third kappa shape index (κ3) is 3.12. The summed E-state index contributed by atoms with van der Waals surface area (Å²) in [7, 11) is -3.63. The standard InChI is InChI=1S/C17H16NO3P/c1-2-21-22(20,15-11-7-4-8-12-15)16(13-18)17(19)14-9-5-3-6-10-14/h3-12,19H,2H2,1H3/b17-16+/t22-/m0/s1. The quantitative estimate of drug-likeness (QED) is 0.513. The van der Waals surface area contributed by atoms with Gasteiger partial charge in [0.05, 0.1) is 6.61 Å². The molecule has 0 aromatic heterocycles. The van der Waals surface area contributed by atoms with Gasteiger partial charge in [-0.3, -0.25) is 4.57 Å². The molecule has 2 aromatic carbocycles. The van der Waals surface area contributed by atoms with E-state index >= 15 is 0 Å². The molecule has 0 bridgehead atoms. The predicted molar refractivity (Wildman–Crippen MR) is 86.9 cm³/mol. The van der Waals surface area contributed by atoms with Crippen LogP contribution in [0.25, 0.3) is 5.76 Å². The van der Waals surface area contributed by atoms with E-state index in [9.17, 15) is 14.9 Å². The minimum Gasteiger partial charge on any atom is -0.506 e. The number of allylic oxidation sites excluding steroid dienone is 1. The first-order valence-corrected chi connectivity index (χ1v) is 8.45. The molecule has 112 valence electrons. The van der Waals surface area contributed by atoms with E-state index in [-0.39, 0.29) is 17.7 Å². The van der Waals surface area contributed by atoms with Gasteiger partial charge < -0.3 is 9.63 Å². The smallest absolute Gasteiger partial charge is 0.275 e. The zero-order chi connectivity index (χ0) is 16.0. The van der Waals surface area contributed by atoms with Gasteiger partial charge in [0, 0.05) is 10.9 Å². The Kier molecular flexibility index (Phi) is 5.16. The van der Waals surface area contributed by atoms with E-state index in [1.165, 1.54) is 0 Å². The molecule has 0 heterocycles. The van der Waals surface area contributed by atoms with Crippen LogP contribution in [-0.2, 0) is 9.09 Å². The SMILES string of the molecule is CCO[P@](=O)(/C(C#N)=C(/O)c1ccccc1)c1ccccc1. The number of hydrogen-bond donors (Lipinski definition) is 1. The maximum Gasteiger partial charge on any atom is 0.275 e. The van der Waals surface area contributed by atoms with Crippen molar-refractivity contribution in [2.75, 3.05) is 6.61 Å². The number of nitrogens with zero attached hydrogens (tertiary/aromatic N) is 1. The fourth-order valence-corrected chi connectivity index (χ4v) is 4.07. The molecular weight excluding hydrogens is 297 g/mol. The van der Waals surface area contributed by atoms with Gasteiger partial charge in [-0.2, -0.15) is 5.26 Å². The zero-order valence-corrected chi connectivity index (χ0v) is 13.0. The lowest BCUT2D eigenvalue weighted by molar-refractivity contribution is 0.345. The average molecular weight is 313 g/mol. The Balaban J connectivity index is 2.65. The zero-order valence-electron chi connectivity index (χ0n) is 12.1. The van der Waals surface area contributed by atoms with Gasteiger partial charge in [0.2, 0.25) is 0 Å². The Morgan fingerprint density at radius 2 is 1.68 bits per heavy atom. The molecule has 0 radical (unpaired) electrons. The summed E-state index contributed by atoms with van der Waals surface area (Å²) in [5, 5.41) is 20.0. The molecule has 1 atom stereocenters. The third-order valence-electron chi connectivity index (χ3n) is 3.08. The molecule has 0 unspecified atom stereocenters. The molecule has 2 rings (SSSR count). The van der Waals surface area contributed by atoms with E-state index in [2.05, 4.69) is 0 Å². The van der Waals surface area contributed by atoms with Gasteiger partial charge in [-0.05, 0) is 19.1 Å². The molecule has 0 fully saturated rings. The second-order valence-electron chi connectivity index (χ2n) is 4.48. The summed E-state index contributed by atoms with van der Waals surface area (Å²) >= 11 is 0. The summed E-state index contributed by atoms with van der Waals surface area (Å²) in [6, 6.07) is 18.9. The van der Waals surface area contributed by atoms with E-state index in [4.69, 9.17) is 4.52 Å². The Morgan fingerprint density at radius 3 is 2.18 bits per heavy atom. The topological polar surface area (TPSA) is 70.3 Å². The molecule has 4 nitrogen and oxygen atoms in total. The van der Waals surface area contributed by atoms with Crippen molar-refractivity contribution in [1.82, 2.24) is 0 Å². The first-order valence-electron chi connectivity index (χ1n) is 6.83. The minimum atomic E-state index is -3.63. The third-order valence-corrected chi connectivity index (χ3v) is 5.58. The Hall–Kier alpha value is -2.34. The first kappa shape index (κ1) is 16.0. The normalized spacial score (nSPS) is 14.5. The van der Waals surface area contributed by atoms with Gasteiger partial charge in [0.15, 0.2) is 5.31 Å². The molecule has 5 heteroatoms. The summed E-state index contributed by atoms with van der Waals surface area (Å²) in [6.07, 6.45) is 0. The monoisotopic (exact) mass is 313 g/mol. The summed E-state index contributed by atoms with van der Waals surface area (Å²) in [4.78, 5) is 0. The second kappa shape index (κ2) is 7.09. The van der Waals surface area contributed by atoms with Crippen molar-refractivity contribution >= 4 is 18.4 Å². The van der Waals surface area contributed by atoms with Crippen LogP contribution in [0.1, 0.15) is 12.5 Å². The van der Waals surface area contributed by atoms with Crippen LogP contribution in [0.15, 0.2) is 66.0 Å². The number of rotatable bonds is 5. The lowest BCUT2D eigenvalue weighted by atomic mass is 10.2. The average Bonchev–Trinajstić information content (AvgIpc) is 2.57. The van der Waals surface area contributed by atoms with Gasteiger partial charge in [-0.15, -0.1) is 0 Å². The van der Waals surface area contributed by atoms with Crippen molar-refractivity contribution in [3.8, 4) is 6.07 Å². The molecule has 0 aliphatic heterocycles. The highest BCUT2D eigenvalue weighted by molar-refractivity contribution is 7.71. The largest absolute Gasteiger partial charge is 0.506 e. The molecule has 0 aliphatic rings. The van der Waals surface area contributed by atoms with Crippen molar-refractivity contribution in [2.24, 2.45) is 0 Å². The van der Waals surface area contributed by atoms with Gasteiger partial charge in [0.25, 0.3) is 7.37 Å². The fraction of sp³-hybridized carbons (Fsp3) is 0.118. The van der Waals surface area contributed by atoms with Crippen molar-refractivity contribution in [2.45, 2.75) is 6.92 Å².